The molecule has 0 aromatic rings. The van der Waals surface area contributed by atoms with Crippen molar-refractivity contribution in [1.82, 2.24) is 0 Å². The number of carboxylic acid groups (broad SMARTS) is 1. The Morgan fingerprint density at radius 3 is 2.72 bits per heavy atom. The second-order valence-corrected chi connectivity index (χ2v) is 6.51. The van der Waals surface area contributed by atoms with Crippen LogP contribution in [0.25, 0.3) is 0 Å². The van der Waals surface area contributed by atoms with Gasteiger partial charge in [0.05, 0.1) is 17.6 Å². The first kappa shape index (κ1) is 12.5. The van der Waals surface area contributed by atoms with Crippen LogP contribution in [0.15, 0.2) is 0 Å². The second-order valence-electron chi connectivity index (χ2n) is 6.51. The Hall–Kier alpha value is -0.570. The molecule has 0 radical (unpaired) electrons. The fraction of sp³-hybridized carbons (Fsp3) is 0.933. The van der Waals surface area contributed by atoms with Gasteiger partial charge in [0.2, 0.25) is 0 Å². The molecule has 0 aromatic carbocycles. The fourth-order valence-electron chi connectivity index (χ4n) is 4.70. The van der Waals surface area contributed by atoms with E-state index < -0.39 is 11.4 Å². The standard InChI is InChI=1S/C15H24O3/c1-2-10-4-3-5-11(8-10)15(14(16)17)9-12-6-7-13(15)18-12/h10-13H,2-9H2,1H3,(H,16,17). The van der Waals surface area contributed by atoms with Crippen molar-refractivity contribution < 1.29 is 14.6 Å². The minimum atomic E-state index is -0.587. The number of hydrogen-bond donors (Lipinski definition) is 1. The Kier molecular flexibility index (Phi) is 3.13. The third kappa shape index (κ3) is 1.70. The molecule has 3 nitrogen and oxygen atoms in total. The Bertz CT molecular complexity index is 341. The SMILES string of the molecule is CCC1CCCC(C2(C(=O)O)CC3CCC2O3)C1. The summed E-state index contributed by atoms with van der Waals surface area (Å²) in [6.45, 7) is 2.23. The topological polar surface area (TPSA) is 46.5 Å². The zero-order chi connectivity index (χ0) is 12.8. The molecule has 1 N–H and O–H groups in total. The molecule has 2 heterocycles. The van der Waals surface area contributed by atoms with Crippen molar-refractivity contribution in [2.75, 3.05) is 0 Å². The van der Waals surface area contributed by atoms with Crippen molar-refractivity contribution in [2.45, 2.75) is 70.5 Å². The molecule has 3 heteroatoms. The molecule has 0 spiro atoms. The molecule has 2 saturated heterocycles. The molecule has 0 amide bonds. The second kappa shape index (κ2) is 4.52. The number of carboxylic acids is 1. The van der Waals surface area contributed by atoms with Gasteiger partial charge in [-0.05, 0) is 43.9 Å². The Labute approximate surface area is 109 Å². The molecule has 18 heavy (non-hydrogen) atoms. The number of hydrogen-bond acceptors (Lipinski definition) is 2. The van der Waals surface area contributed by atoms with E-state index >= 15 is 0 Å². The van der Waals surface area contributed by atoms with Crippen molar-refractivity contribution in [1.29, 1.82) is 0 Å². The van der Waals surface area contributed by atoms with E-state index in [2.05, 4.69) is 6.92 Å². The van der Waals surface area contributed by atoms with Crippen LogP contribution in [0.2, 0.25) is 0 Å². The molecule has 102 valence electrons. The van der Waals surface area contributed by atoms with Crippen LogP contribution in [0.1, 0.15) is 58.3 Å². The monoisotopic (exact) mass is 252 g/mol. The van der Waals surface area contributed by atoms with E-state index in [0.29, 0.717) is 5.92 Å². The van der Waals surface area contributed by atoms with Gasteiger partial charge in [0.1, 0.15) is 0 Å². The highest BCUT2D eigenvalue weighted by Crippen LogP contribution is 2.56. The van der Waals surface area contributed by atoms with Crippen LogP contribution in [-0.2, 0) is 9.53 Å². The molecule has 5 unspecified atom stereocenters. The minimum absolute atomic E-state index is 0.000561. The highest BCUT2D eigenvalue weighted by molar-refractivity contribution is 5.76. The van der Waals surface area contributed by atoms with Crippen LogP contribution >= 0.6 is 0 Å². The summed E-state index contributed by atoms with van der Waals surface area (Å²) in [7, 11) is 0. The fourth-order valence-corrected chi connectivity index (χ4v) is 4.70. The summed E-state index contributed by atoms with van der Waals surface area (Å²) >= 11 is 0. The predicted octanol–water partition coefficient (Wildman–Crippen LogP) is 3.23. The highest BCUT2D eigenvalue weighted by Gasteiger charge is 2.61. The number of rotatable bonds is 3. The van der Waals surface area contributed by atoms with E-state index in [1.165, 1.54) is 19.3 Å². The lowest BCUT2D eigenvalue weighted by Crippen LogP contribution is -2.48. The lowest BCUT2D eigenvalue weighted by Gasteiger charge is -2.42. The first-order chi connectivity index (χ1) is 8.66. The average Bonchev–Trinajstić information content (AvgIpc) is 2.99. The van der Waals surface area contributed by atoms with Crippen molar-refractivity contribution in [3.8, 4) is 0 Å². The Balaban J connectivity index is 1.84. The minimum Gasteiger partial charge on any atom is -0.481 e. The van der Waals surface area contributed by atoms with Gasteiger partial charge in [-0.1, -0.05) is 26.2 Å². The van der Waals surface area contributed by atoms with Crippen molar-refractivity contribution in [3.05, 3.63) is 0 Å². The molecule has 0 aromatic heterocycles. The van der Waals surface area contributed by atoms with E-state index in [1.54, 1.807) is 0 Å². The van der Waals surface area contributed by atoms with Crippen LogP contribution in [0, 0.1) is 17.3 Å². The largest absolute Gasteiger partial charge is 0.481 e. The molecule has 2 bridgehead atoms. The van der Waals surface area contributed by atoms with E-state index in [0.717, 1.165) is 38.0 Å². The molecular weight excluding hydrogens is 228 g/mol. The van der Waals surface area contributed by atoms with E-state index in [9.17, 15) is 9.90 Å². The number of ether oxygens (including phenoxy) is 1. The summed E-state index contributed by atoms with van der Waals surface area (Å²) in [6.07, 6.45) is 8.93. The third-order valence-corrected chi connectivity index (χ3v) is 5.73. The first-order valence-electron chi connectivity index (χ1n) is 7.55. The van der Waals surface area contributed by atoms with Gasteiger partial charge >= 0.3 is 5.97 Å². The van der Waals surface area contributed by atoms with E-state index in [-0.39, 0.29) is 12.2 Å². The smallest absolute Gasteiger partial charge is 0.312 e. The molecule has 5 atom stereocenters. The number of fused-ring (bicyclic) bond motifs is 2. The van der Waals surface area contributed by atoms with Gasteiger partial charge in [0, 0.05) is 0 Å². The first-order valence-corrected chi connectivity index (χ1v) is 7.55. The molecule has 3 aliphatic rings. The molecule has 1 aliphatic carbocycles. The maximum atomic E-state index is 11.9. The van der Waals surface area contributed by atoms with Gasteiger partial charge in [-0.15, -0.1) is 0 Å². The summed E-state index contributed by atoms with van der Waals surface area (Å²) in [5, 5.41) is 9.82. The maximum Gasteiger partial charge on any atom is 0.312 e. The molecular formula is C15H24O3. The van der Waals surface area contributed by atoms with Gasteiger partial charge in [0.15, 0.2) is 0 Å². The zero-order valence-corrected chi connectivity index (χ0v) is 11.2. The van der Waals surface area contributed by atoms with Gasteiger partial charge in [-0.2, -0.15) is 0 Å². The van der Waals surface area contributed by atoms with Gasteiger partial charge in [-0.3, -0.25) is 4.79 Å². The van der Waals surface area contributed by atoms with Crippen molar-refractivity contribution >= 4 is 5.97 Å². The van der Waals surface area contributed by atoms with Gasteiger partial charge in [-0.25, -0.2) is 0 Å². The van der Waals surface area contributed by atoms with Crippen LogP contribution in [0.5, 0.6) is 0 Å². The zero-order valence-electron chi connectivity index (χ0n) is 11.2. The highest BCUT2D eigenvalue weighted by atomic mass is 16.5. The lowest BCUT2D eigenvalue weighted by molar-refractivity contribution is -0.158. The van der Waals surface area contributed by atoms with Crippen LogP contribution in [0.4, 0.5) is 0 Å². The lowest BCUT2D eigenvalue weighted by atomic mass is 9.60. The molecule has 2 aliphatic heterocycles. The molecule has 3 rings (SSSR count). The molecule has 3 fully saturated rings. The van der Waals surface area contributed by atoms with E-state index in [1.807, 2.05) is 0 Å². The average molecular weight is 252 g/mol. The number of aliphatic carboxylic acids is 1. The maximum absolute atomic E-state index is 11.9. The molecule has 1 saturated carbocycles. The summed E-state index contributed by atoms with van der Waals surface area (Å²) in [4.78, 5) is 11.9. The van der Waals surface area contributed by atoms with Crippen LogP contribution in [-0.4, -0.2) is 23.3 Å². The normalized spacial score (nSPS) is 47.4. The van der Waals surface area contributed by atoms with Gasteiger partial charge in [0.25, 0.3) is 0 Å². The quantitative estimate of drug-likeness (QED) is 0.839. The summed E-state index contributed by atoms with van der Waals surface area (Å²) in [6, 6.07) is 0. The van der Waals surface area contributed by atoms with Gasteiger partial charge < -0.3 is 9.84 Å². The summed E-state index contributed by atoms with van der Waals surface area (Å²) in [5.74, 6) is 0.500. The Morgan fingerprint density at radius 1 is 1.33 bits per heavy atom. The summed E-state index contributed by atoms with van der Waals surface area (Å²) < 4.78 is 5.89. The summed E-state index contributed by atoms with van der Waals surface area (Å²) in [5.41, 5.74) is -0.545. The predicted molar refractivity (Wildman–Crippen MR) is 68.3 cm³/mol. The van der Waals surface area contributed by atoms with E-state index in [4.69, 9.17) is 4.74 Å². The van der Waals surface area contributed by atoms with Crippen LogP contribution < -0.4 is 0 Å². The van der Waals surface area contributed by atoms with Crippen molar-refractivity contribution in [2.24, 2.45) is 17.3 Å². The van der Waals surface area contributed by atoms with Crippen LogP contribution in [0.3, 0.4) is 0 Å². The Morgan fingerprint density at radius 2 is 2.17 bits per heavy atom. The third-order valence-electron chi connectivity index (χ3n) is 5.73. The number of carbonyl (C=O) groups is 1. The van der Waals surface area contributed by atoms with Crippen molar-refractivity contribution in [3.63, 3.8) is 0 Å².